The molecule has 1 aliphatic heterocycles. The Balaban J connectivity index is 2.11. The Morgan fingerprint density at radius 1 is 1.13 bits per heavy atom. The molecule has 0 radical (unpaired) electrons. The molecule has 1 fully saturated rings. The molecular formula is C14H25N. The molecule has 1 aliphatic carbocycles. The van der Waals surface area contributed by atoms with E-state index in [1.54, 1.807) is 11.1 Å². The lowest BCUT2D eigenvalue weighted by atomic mass is 9.65. The number of piperidine rings is 1. The van der Waals surface area contributed by atoms with E-state index in [0.29, 0.717) is 5.41 Å². The number of hydrogen-bond donors (Lipinski definition) is 0. The number of likely N-dealkylation sites (tertiary alicyclic amines) is 1. The average Bonchev–Trinajstić information content (AvgIpc) is 2.27. The largest absolute Gasteiger partial charge is 0.304 e. The fourth-order valence-corrected chi connectivity index (χ4v) is 3.44. The van der Waals surface area contributed by atoms with Gasteiger partial charge in [-0.15, -0.1) is 0 Å². The van der Waals surface area contributed by atoms with Gasteiger partial charge in [-0.25, -0.2) is 0 Å². The van der Waals surface area contributed by atoms with Crippen LogP contribution in [0.15, 0.2) is 11.1 Å². The van der Waals surface area contributed by atoms with Crippen molar-refractivity contribution in [2.24, 2.45) is 5.41 Å². The van der Waals surface area contributed by atoms with Crippen LogP contribution >= 0.6 is 0 Å². The zero-order valence-corrected chi connectivity index (χ0v) is 10.6. The van der Waals surface area contributed by atoms with E-state index in [1.165, 1.54) is 51.7 Å². The summed E-state index contributed by atoms with van der Waals surface area (Å²) in [5, 5.41) is 0. The topological polar surface area (TPSA) is 3.24 Å². The lowest BCUT2D eigenvalue weighted by molar-refractivity contribution is 0.120. The quantitative estimate of drug-likeness (QED) is 0.594. The third kappa shape index (κ3) is 1.99. The highest BCUT2D eigenvalue weighted by atomic mass is 15.1. The van der Waals surface area contributed by atoms with E-state index in [-0.39, 0.29) is 0 Å². The number of rotatable bonds is 1. The van der Waals surface area contributed by atoms with Gasteiger partial charge in [-0.1, -0.05) is 18.1 Å². The monoisotopic (exact) mass is 207 g/mol. The van der Waals surface area contributed by atoms with Gasteiger partial charge in [0.05, 0.1) is 0 Å². The zero-order valence-electron chi connectivity index (χ0n) is 10.6. The Morgan fingerprint density at radius 2 is 1.80 bits per heavy atom. The van der Waals surface area contributed by atoms with Crippen molar-refractivity contribution in [1.82, 2.24) is 4.90 Å². The van der Waals surface area contributed by atoms with E-state index in [1.807, 2.05) is 0 Å². The first-order valence-electron chi connectivity index (χ1n) is 6.57. The lowest BCUT2D eigenvalue weighted by Gasteiger charge is -2.45. The van der Waals surface area contributed by atoms with Gasteiger partial charge in [-0.3, -0.25) is 0 Å². The maximum atomic E-state index is 2.60. The highest BCUT2D eigenvalue weighted by molar-refractivity contribution is 5.23. The number of hydrogen-bond acceptors (Lipinski definition) is 1. The molecule has 1 saturated heterocycles. The molecule has 2 aliphatic rings. The molecule has 1 heteroatoms. The molecule has 0 amide bonds. The summed E-state index contributed by atoms with van der Waals surface area (Å²) in [5.74, 6) is 0. The normalized spacial score (nSPS) is 27.4. The average molecular weight is 207 g/mol. The Kier molecular flexibility index (Phi) is 3.20. The molecule has 0 aromatic carbocycles. The predicted octanol–water partition coefficient (Wildman–Crippen LogP) is 3.61. The molecule has 0 aromatic heterocycles. The van der Waals surface area contributed by atoms with Crippen LogP contribution in [0.4, 0.5) is 0 Å². The van der Waals surface area contributed by atoms with Crippen molar-refractivity contribution < 1.29 is 0 Å². The number of nitrogens with zero attached hydrogens (tertiary/aromatic N) is 1. The molecule has 0 atom stereocenters. The van der Waals surface area contributed by atoms with E-state index in [0.717, 1.165) is 0 Å². The Labute approximate surface area is 94.5 Å². The van der Waals surface area contributed by atoms with Crippen LogP contribution in [0.5, 0.6) is 0 Å². The second kappa shape index (κ2) is 4.29. The summed E-state index contributed by atoms with van der Waals surface area (Å²) >= 11 is 0. The first kappa shape index (κ1) is 11.2. The Hall–Kier alpha value is -0.300. The van der Waals surface area contributed by atoms with Gasteiger partial charge in [0, 0.05) is 0 Å². The van der Waals surface area contributed by atoms with Crippen molar-refractivity contribution in [2.75, 3.05) is 19.6 Å². The van der Waals surface area contributed by atoms with Gasteiger partial charge in [-0.2, -0.15) is 0 Å². The zero-order chi connectivity index (χ0) is 10.9. The van der Waals surface area contributed by atoms with Gasteiger partial charge in [0.1, 0.15) is 0 Å². The van der Waals surface area contributed by atoms with E-state index >= 15 is 0 Å². The summed E-state index contributed by atoms with van der Waals surface area (Å²) in [7, 11) is 0. The maximum absolute atomic E-state index is 2.60. The fraction of sp³-hybridized carbons (Fsp3) is 0.857. The molecule has 15 heavy (non-hydrogen) atoms. The van der Waals surface area contributed by atoms with Crippen LogP contribution in [0, 0.1) is 5.41 Å². The van der Waals surface area contributed by atoms with Gasteiger partial charge in [0.2, 0.25) is 0 Å². The third-order valence-corrected chi connectivity index (χ3v) is 4.90. The van der Waals surface area contributed by atoms with Crippen molar-refractivity contribution in [1.29, 1.82) is 0 Å². The van der Waals surface area contributed by atoms with Crippen LogP contribution in [0.2, 0.25) is 0 Å². The van der Waals surface area contributed by atoms with Crippen molar-refractivity contribution in [3.63, 3.8) is 0 Å². The molecule has 1 nitrogen and oxygen atoms in total. The molecule has 0 bridgehead atoms. The minimum Gasteiger partial charge on any atom is -0.304 e. The molecule has 0 N–H and O–H groups in total. The van der Waals surface area contributed by atoms with Crippen LogP contribution in [0.25, 0.3) is 0 Å². The SMILES string of the molecule is CCN1CCC2(CCCC(C)=C2C)CC1. The van der Waals surface area contributed by atoms with Crippen LogP contribution in [-0.2, 0) is 0 Å². The third-order valence-electron chi connectivity index (χ3n) is 4.90. The summed E-state index contributed by atoms with van der Waals surface area (Å²) in [6.07, 6.45) is 7.04. The number of allylic oxidation sites excluding steroid dienone is 2. The van der Waals surface area contributed by atoms with Crippen LogP contribution in [0.3, 0.4) is 0 Å². The van der Waals surface area contributed by atoms with Gasteiger partial charge in [0.15, 0.2) is 0 Å². The van der Waals surface area contributed by atoms with Gasteiger partial charge < -0.3 is 4.90 Å². The van der Waals surface area contributed by atoms with Gasteiger partial charge in [0.25, 0.3) is 0 Å². The van der Waals surface area contributed by atoms with E-state index in [4.69, 9.17) is 0 Å². The maximum Gasteiger partial charge on any atom is -0.00105 e. The molecule has 2 rings (SSSR count). The lowest BCUT2D eigenvalue weighted by Crippen LogP contribution is -2.41. The Morgan fingerprint density at radius 3 is 2.40 bits per heavy atom. The summed E-state index contributed by atoms with van der Waals surface area (Å²) < 4.78 is 0. The van der Waals surface area contributed by atoms with E-state index in [9.17, 15) is 0 Å². The van der Waals surface area contributed by atoms with Crippen molar-refractivity contribution in [3.05, 3.63) is 11.1 Å². The molecule has 0 unspecified atom stereocenters. The van der Waals surface area contributed by atoms with Crippen molar-refractivity contribution >= 4 is 0 Å². The second-order valence-corrected chi connectivity index (χ2v) is 5.47. The first-order chi connectivity index (χ1) is 7.18. The molecule has 1 heterocycles. The minimum atomic E-state index is 0.605. The summed E-state index contributed by atoms with van der Waals surface area (Å²) in [6.45, 7) is 10.9. The van der Waals surface area contributed by atoms with E-state index in [2.05, 4.69) is 25.7 Å². The van der Waals surface area contributed by atoms with Crippen LogP contribution in [-0.4, -0.2) is 24.5 Å². The molecule has 0 saturated carbocycles. The van der Waals surface area contributed by atoms with Gasteiger partial charge in [-0.05, 0) is 71.0 Å². The fourth-order valence-electron chi connectivity index (χ4n) is 3.44. The second-order valence-electron chi connectivity index (χ2n) is 5.47. The highest BCUT2D eigenvalue weighted by Gasteiger charge is 2.37. The molecule has 86 valence electrons. The van der Waals surface area contributed by atoms with E-state index < -0.39 is 0 Å². The predicted molar refractivity (Wildman–Crippen MR) is 66.0 cm³/mol. The molecular weight excluding hydrogens is 182 g/mol. The molecule has 1 spiro atoms. The van der Waals surface area contributed by atoms with Gasteiger partial charge >= 0.3 is 0 Å². The van der Waals surface area contributed by atoms with Crippen LogP contribution in [0.1, 0.15) is 52.9 Å². The van der Waals surface area contributed by atoms with Crippen molar-refractivity contribution in [3.8, 4) is 0 Å². The first-order valence-corrected chi connectivity index (χ1v) is 6.57. The highest BCUT2D eigenvalue weighted by Crippen LogP contribution is 2.47. The van der Waals surface area contributed by atoms with Crippen LogP contribution < -0.4 is 0 Å². The smallest absolute Gasteiger partial charge is 0.00105 e. The summed E-state index contributed by atoms with van der Waals surface area (Å²) in [5.41, 5.74) is 4.03. The van der Waals surface area contributed by atoms with Crippen molar-refractivity contribution in [2.45, 2.75) is 52.9 Å². The summed E-state index contributed by atoms with van der Waals surface area (Å²) in [6, 6.07) is 0. The minimum absolute atomic E-state index is 0.605. The summed E-state index contributed by atoms with van der Waals surface area (Å²) in [4.78, 5) is 2.60. The standard InChI is InChI=1S/C14H25N/c1-4-15-10-8-14(9-11-15)7-5-6-12(2)13(14)3/h4-11H2,1-3H3. The molecule has 0 aromatic rings. The Bertz CT molecular complexity index is 257.